The van der Waals surface area contributed by atoms with Crippen molar-refractivity contribution in [2.24, 2.45) is 0 Å². The fourth-order valence-electron chi connectivity index (χ4n) is 1.93. The van der Waals surface area contributed by atoms with Crippen molar-refractivity contribution in [1.82, 2.24) is 4.90 Å². The number of aliphatic carboxylic acids is 1. The van der Waals surface area contributed by atoms with E-state index in [1.54, 1.807) is 6.92 Å². The fraction of sp³-hybridized carbons (Fsp3) is 0.889. The van der Waals surface area contributed by atoms with Crippen LogP contribution in [0.5, 0.6) is 0 Å². The van der Waals surface area contributed by atoms with Gasteiger partial charge in [0.15, 0.2) is 0 Å². The highest BCUT2D eigenvalue weighted by molar-refractivity contribution is 5.69. The first kappa shape index (κ1) is 10.5. The second kappa shape index (κ2) is 4.58. The third-order valence-corrected chi connectivity index (χ3v) is 2.56. The summed E-state index contributed by atoms with van der Waals surface area (Å²) < 4.78 is 0. The molecule has 0 aromatic rings. The highest BCUT2D eigenvalue weighted by Crippen LogP contribution is 2.19. The first-order valence-corrected chi connectivity index (χ1v) is 4.75. The molecule has 0 radical (unpaired) electrons. The Morgan fingerprint density at radius 1 is 1.62 bits per heavy atom. The van der Waals surface area contributed by atoms with Crippen molar-refractivity contribution in [3.8, 4) is 0 Å². The normalized spacial score (nSPS) is 27.1. The zero-order valence-corrected chi connectivity index (χ0v) is 7.94. The van der Waals surface area contributed by atoms with Crippen LogP contribution in [0.25, 0.3) is 0 Å². The standard InChI is InChI=1S/C9H17NO3/c1-7(11)8-4-2-3-5-10(8)6-9(12)13/h7-8,11H,2-6H2,1H3,(H,12,13)/t7-,8+/m1/s1. The zero-order chi connectivity index (χ0) is 9.84. The molecule has 13 heavy (non-hydrogen) atoms. The minimum Gasteiger partial charge on any atom is -0.480 e. The van der Waals surface area contributed by atoms with Crippen molar-refractivity contribution in [1.29, 1.82) is 0 Å². The van der Waals surface area contributed by atoms with E-state index >= 15 is 0 Å². The third kappa shape index (κ3) is 2.97. The van der Waals surface area contributed by atoms with Gasteiger partial charge in [-0.25, -0.2) is 0 Å². The van der Waals surface area contributed by atoms with Crippen molar-refractivity contribution in [3.05, 3.63) is 0 Å². The Kier molecular flexibility index (Phi) is 3.69. The summed E-state index contributed by atoms with van der Waals surface area (Å²) >= 11 is 0. The molecular formula is C9H17NO3. The fourth-order valence-corrected chi connectivity index (χ4v) is 1.93. The molecule has 0 bridgehead atoms. The second-order valence-electron chi connectivity index (χ2n) is 3.67. The molecule has 0 aromatic heterocycles. The van der Waals surface area contributed by atoms with Gasteiger partial charge in [-0.05, 0) is 26.3 Å². The van der Waals surface area contributed by atoms with Crippen LogP contribution in [-0.2, 0) is 4.79 Å². The van der Waals surface area contributed by atoms with Gasteiger partial charge in [0.05, 0.1) is 12.6 Å². The van der Waals surface area contributed by atoms with Crippen LogP contribution < -0.4 is 0 Å². The van der Waals surface area contributed by atoms with E-state index in [2.05, 4.69) is 0 Å². The SMILES string of the molecule is C[C@@H](O)[C@@H]1CCCCN1CC(=O)O. The Morgan fingerprint density at radius 2 is 2.31 bits per heavy atom. The average molecular weight is 187 g/mol. The topological polar surface area (TPSA) is 60.8 Å². The van der Waals surface area contributed by atoms with Gasteiger partial charge in [0.25, 0.3) is 0 Å². The van der Waals surface area contributed by atoms with E-state index in [1.807, 2.05) is 4.90 Å². The molecule has 1 rings (SSSR count). The van der Waals surface area contributed by atoms with E-state index in [0.717, 1.165) is 25.8 Å². The van der Waals surface area contributed by atoms with Crippen LogP contribution in [0.3, 0.4) is 0 Å². The lowest BCUT2D eigenvalue weighted by molar-refractivity contribution is -0.140. The molecule has 0 aromatic carbocycles. The van der Waals surface area contributed by atoms with Gasteiger partial charge in [-0.15, -0.1) is 0 Å². The molecule has 1 saturated heterocycles. The van der Waals surface area contributed by atoms with Crippen molar-refractivity contribution >= 4 is 5.97 Å². The van der Waals surface area contributed by atoms with E-state index in [4.69, 9.17) is 5.11 Å². The molecular weight excluding hydrogens is 170 g/mol. The molecule has 1 heterocycles. The minimum absolute atomic E-state index is 0.0323. The summed E-state index contributed by atoms with van der Waals surface area (Å²) in [5.74, 6) is -0.812. The van der Waals surface area contributed by atoms with Gasteiger partial charge in [0.1, 0.15) is 0 Å². The number of piperidine rings is 1. The predicted molar refractivity (Wildman–Crippen MR) is 48.5 cm³/mol. The smallest absolute Gasteiger partial charge is 0.317 e. The van der Waals surface area contributed by atoms with E-state index in [9.17, 15) is 9.90 Å². The van der Waals surface area contributed by atoms with Gasteiger partial charge < -0.3 is 10.2 Å². The lowest BCUT2D eigenvalue weighted by Gasteiger charge is -2.36. The zero-order valence-electron chi connectivity index (χ0n) is 7.94. The summed E-state index contributed by atoms with van der Waals surface area (Å²) in [5, 5.41) is 18.1. The van der Waals surface area contributed by atoms with Gasteiger partial charge >= 0.3 is 5.97 Å². The Labute approximate surface area is 78.2 Å². The predicted octanol–water partition coefficient (Wildman–Crippen LogP) is 0.306. The molecule has 4 heteroatoms. The Hall–Kier alpha value is -0.610. The number of aliphatic hydroxyl groups excluding tert-OH is 1. The van der Waals surface area contributed by atoms with Crippen LogP contribution in [-0.4, -0.2) is 46.3 Å². The van der Waals surface area contributed by atoms with E-state index in [-0.39, 0.29) is 12.6 Å². The van der Waals surface area contributed by atoms with Crippen molar-refractivity contribution in [3.63, 3.8) is 0 Å². The molecule has 1 aliphatic rings. The molecule has 2 atom stereocenters. The second-order valence-corrected chi connectivity index (χ2v) is 3.67. The quantitative estimate of drug-likeness (QED) is 0.667. The van der Waals surface area contributed by atoms with Crippen molar-refractivity contribution < 1.29 is 15.0 Å². The highest BCUT2D eigenvalue weighted by atomic mass is 16.4. The molecule has 1 fully saturated rings. The lowest BCUT2D eigenvalue weighted by atomic mass is 9.98. The lowest BCUT2D eigenvalue weighted by Crippen LogP contribution is -2.47. The maximum atomic E-state index is 10.5. The number of carboxylic acid groups (broad SMARTS) is 1. The van der Waals surface area contributed by atoms with Gasteiger partial charge in [-0.3, -0.25) is 9.69 Å². The number of aliphatic hydroxyl groups is 1. The molecule has 0 aliphatic carbocycles. The minimum atomic E-state index is -0.812. The molecule has 76 valence electrons. The molecule has 0 amide bonds. The average Bonchev–Trinajstić information content (AvgIpc) is 2.03. The maximum absolute atomic E-state index is 10.5. The van der Waals surface area contributed by atoms with Crippen LogP contribution in [0.4, 0.5) is 0 Å². The monoisotopic (exact) mass is 187 g/mol. The van der Waals surface area contributed by atoms with Gasteiger partial charge in [0, 0.05) is 6.04 Å². The summed E-state index contributed by atoms with van der Waals surface area (Å²) in [6, 6.07) is 0.0323. The summed E-state index contributed by atoms with van der Waals surface area (Å²) in [6.07, 6.45) is 2.60. The Balaban J connectivity index is 2.51. The number of hydrogen-bond donors (Lipinski definition) is 2. The Morgan fingerprint density at radius 3 is 2.85 bits per heavy atom. The maximum Gasteiger partial charge on any atom is 0.317 e. The summed E-state index contributed by atoms with van der Waals surface area (Å²) in [4.78, 5) is 12.4. The first-order chi connectivity index (χ1) is 6.11. The van der Waals surface area contributed by atoms with E-state index < -0.39 is 12.1 Å². The van der Waals surface area contributed by atoms with E-state index in [1.165, 1.54) is 0 Å². The van der Waals surface area contributed by atoms with Gasteiger partial charge in [0.2, 0.25) is 0 Å². The molecule has 0 unspecified atom stereocenters. The van der Waals surface area contributed by atoms with Crippen molar-refractivity contribution in [2.75, 3.05) is 13.1 Å². The summed E-state index contributed by atoms with van der Waals surface area (Å²) in [5.41, 5.74) is 0. The largest absolute Gasteiger partial charge is 0.480 e. The number of hydrogen-bond acceptors (Lipinski definition) is 3. The van der Waals surface area contributed by atoms with Crippen LogP contribution >= 0.6 is 0 Å². The molecule has 0 saturated carbocycles. The highest BCUT2D eigenvalue weighted by Gasteiger charge is 2.27. The number of carboxylic acids is 1. The van der Waals surface area contributed by atoms with E-state index in [0.29, 0.717) is 0 Å². The first-order valence-electron chi connectivity index (χ1n) is 4.75. The molecule has 1 aliphatic heterocycles. The van der Waals surface area contributed by atoms with Gasteiger partial charge in [-0.1, -0.05) is 6.42 Å². The van der Waals surface area contributed by atoms with Crippen LogP contribution in [0.15, 0.2) is 0 Å². The van der Waals surface area contributed by atoms with Crippen molar-refractivity contribution in [2.45, 2.75) is 38.3 Å². The third-order valence-electron chi connectivity index (χ3n) is 2.56. The number of likely N-dealkylation sites (tertiary alicyclic amines) is 1. The number of carbonyl (C=O) groups is 1. The Bertz CT molecular complexity index is 182. The molecule has 2 N–H and O–H groups in total. The van der Waals surface area contributed by atoms with Crippen LogP contribution in [0.1, 0.15) is 26.2 Å². The van der Waals surface area contributed by atoms with Crippen LogP contribution in [0, 0.1) is 0 Å². The summed E-state index contributed by atoms with van der Waals surface area (Å²) in [7, 11) is 0. The van der Waals surface area contributed by atoms with Crippen LogP contribution in [0.2, 0.25) is 0 Å². The molecule has 4 nitrogen and oxygen atoms in total. The molecule has 0 spiro atoms. The number of nitrogens with zero attached hydrogens (tertiary/aromatic N) is 1. The summed E-state index contributed by atoms with van der Waals surface area (Å²) in [6.45, 7) is 2.57. The number of rotatable bonds is 3. The van der Waals surface area contributed by atoms with Gasteiger partial charge in [-0.2, -0.15) is 0 Å².